The van der Waals surface area contributed by atoms with Crippen LogP contribution in [0.4, 0.5) is 5.69 Å². The number of hydrogen-bond donors (Lipinski definition) is 2. The van der Waals surface area contributed by atoms with E-state index in [0.29, 0.717) is 21.7 Å². The van der Waals surface area contributed by atoms with Crippen LogP contribution in [0.1, 0.15) is 5.56 Å². The van der Waals surface area contributed by atoms with Gasteiger partial charge in [0.25, 0.3) is 0 Å². The second kappa shape index (κ2) is 7.50. The molecular weight excluding hydrogens is 327 g/mol. The molecular formula is C15H14Cl2N2OS. The Morgan fingerprint density at radius 3 is 2.67 bits per heavy atom. The first-order valence-electron chi connectivity index (χ1n) is 6.21. The highest BCUT2D eigenvalue weighted by Gasteiger charge is 2.02. The van der Waals surface area contributed by atoms with E-state index in [9.17, 15) is 0 Å². The summed E-state index contributed by atoms with van der Waals surface area (Å²) in [6.45, 7) is 0.562. The van der Waals surface area contributed by atoms with Crippen molar-refractivity contribution in [2.45, 2.75) is 6.54 Å². The maximum absolute atomic E-state index is 5.97. The van der Waals surface area contributed by atoms with Crippen molar-refractivity contribution in [3.05, 3.63) is 58.1 Å². The summed E-state index contributed by atoms with van der Waals surface area (Å²) in [4.78, 5) is 0. The van der Waals surface area contributed by atoms with Gasteiger partial charge in [-0.15, -0.1) is 0 Å². The summed E-state index contributed by atoms with van der Waals surface area (Å²) in [6.07, 6.45) is 0. The van der Waals surface area contributed by atoms with E-state index in [1.54, 1.807) is 13.2 Å². The molecule has 0 unspecified atom stereocenters. The molecule has 3 nitrogen and oxygen atoms in total. The molecule has 0 saturated carbocycles. The van der Waals surface area contributed by atoms with Crippen LogP contribution in [0.5, 0.6) is 5.75 Å². The van der Waals surface area contributed by atoms with Crippen molar-refractivity contribution in [2.75, 3.05) is 12.4 Å². The third kappa shape index (κ3) is 4.77. The van der Waals surface area contributed by atoms with Gasteiger partial charge in [-0.1, -0.05) is 35.3 Å². The molecule has 0 amide bonds. The summed E-state index contributed by atoms with van der Waals surface area (Å²) >= 11 is 17.1. The Balaban J connectivity index is 1.90. The number of thiocarbonyl (C=S) groups is 1. The topological polar surface area (TPSA) is 33.3 Å². The zero-order valence-corrected chi connectivity index (χ0v) is 13.6. The number of halogens is 2. The van der Waals surface area contributed by atoms with Gasteiger partial charge < -0.3 is 15.4 Å². The van der Waals surface area contributed by atoms with Gasteiger partial charge in [0.05, 0.1) is 17.2 Å². The summed E-state index contributed by atoms with van der Waals surface area (Å²) < 4.78 is 5.16. The predicted octanol–water partition coefficient (Wildman–Crippen LogP) is 4.49. The molecule has 0 bridgehead atoms. The molecule has 0 radical (unpaired) electrons. The number of ether oxygens (including phenoxy) is 1. The van der Waals surface area contributed by atoms with Gasteiger partial charge in [0.2, 0.25) is 0 Å². The molecule has 0 aliphatic rings. The van der Waals surface area contributed by atoms with E-state index in [1.807, 2.05) is 36.4 Å². The zero-order valence-electron chi connectivity index (χ0n) is 11.3. The zero-order chi connectivity index (χ0) is 15.2. The summed E-state index contributed by atoms with van der Waals surface area (Å²) in [6, 6.07) is 13.0. The fourth-order valence-electron chi connectivity index (χ4n) is 1.71. The molecule has 6 heteroatoms. The molecule has 2 aromatic rings. The van der Waals surface area contributed by atoms with Gasteiger partial charge in [-0.2, -0.15) is 0 Å². The Hall–Kier alpha value is -1.49. The van der Waals surface area contributed by atoms with Crippen LogP contribution in [0, 0.1) is 0 Å². The number of methoxy groups -OCH3 is 1. The first kappa shape index (κ1) is 15.9. The van der Waals surface area contributed by atoms with E-state index in [-0.39, 0.29) is 0 Å². The lowest BCUT2D eigenvalue weighted by Crippen LogP contribution is -2.27. The minimum atomic E-state index is 0.523. The van der Waals surface area contributed by atoms with Crippen molar-refractivity contribution >= 4 is 46.2 Å². The Morgan fingerprint density at radius 2 is 1.95 bits per heavy atom. The Morgan fingerprint density at radius 1 is 1.14 bits per heavy atom. The van der Waals surface area contributed by atoms with Crippen molar-refractivity contribution in [3.63, 3.8) is 0 Å². The van der Waals surface area contributed by atoms with Crippen LogP contribution in [0.15, 0.2) is 42.5 Å². The summed E-state index contributed by atoms with van der Waals surface area (Å²) in [5.74, 6) is 0.771. The number of nitrogens with one attached hydrogen (secondary N) is 2. The average molecular weight is 341 g/mol. The second-order valence-corrected chi connectivity index (χ2v) is 5.51. The maximum atomic E-state index is 5.97. The van der Waals surface area contributed by atoms with Crippen molar-refractivity contribution in [3.8, 4) is 5.75 Å². The highest BCUT2D eigenvalue weighted by molar-refractivity contribution is 7.80. The lowest BCUT2D eigenvalue weighted by Gasteiger charge is -2.11. The van der Waals surface area contributed by atoms with Gasteiger partial charge in [0, 0.05) is 18.3 Å². The van der Waals surface area contributed by atoms with Crippen molar-refractivity contribution in [1.82, 2.24) is 5.32 Å². The number of rotatable bonds is 4. The lowest BCUT2D eigenvalue weighted by molar-refractivity contribution is 0.415. The summed E-state index contributed by atoms with van der Waals surface area (Å²) in [5.41, 5.74) is 1.86. The third-order valence-corrected chi connectivity index (χ3v) is 3.75. The lowest BCUT2D eigenvalue weighted by atomic mass is 10.2. The van der Waals surface area contributed by atoms with Crippen molar-refractivity contribution in [1.29, 1.82) is 0 Å². The van der Waals surface area contributed by atoms with E-state index in [4.69, 9.17) is 40.2 Å². The standard InChI is InChI=1S/C15H14Cl2N2OS/c1-20-12-4-2-3-11(8-12)19-15(21)18-9-10-5-6-13(16)14(17)7-10/h2-8H,9H2,1H3,(H2,18,19,21). The van der Waals surface area contributed by atoms with E-state index in [0.717, 1.165) is 17.0 Å². The van der Waals surface area contributed by atoms with E-state index >= 15 is 0 Å². The van der Waals surface area contributed by atoms with Crippen LogP contribution < -0.4 is 15.4 Å². The van der Waals surface area contributed by atoms with Crippen LogP contribution >= 0.6 is 35.4 Å². The minimum absolute atomic E-state index is 0.523. The SMILES string of the molecule is COc1cccc(NC(=S)NCc2ccc(Cl)c(Cl)c2)c1. The molecule has 0 heterocycles. The van der Waals surface area contributed by atoms with Crippen LogP contribution in [0.2, 0.25) is 10.0 Å². The molecule has 0 aliphatic heterocycles. The number of hydrogen-bond acceptors (Lipinski definition) is 2. The normalized spacial score (nSPS) is 10.0. The molecule has 0 saturated heterocycles. The Labute approximate surface area is 139 Å². The van der Waals surface area contributed by atoms with Gasteiger partial charge in [-0.05, 0) is 42.0 Å². The van der Waals surface area contributed by atoms with Crippen LogP contribution in [-0.4, -0.2) is 12.2 Å². The van der Waals surface area contributed by atoms with Gasteiger partial charge in [-0.3, -0.25) is 0 Å². The third-order valence-electron chi connectivity index (χ3n) is 2.76. The molecule has 21 heavy (non-hydrogen) atoms. The predicted molar refractivity (Wildman–Crippen MR) is 92.5 cm³/mol. The molecule has 2 aromatic carbocycles. The monoisotopic (exact) mass is 340 g/mol. The van der Waals surface area contributed by atoms with Crippen molar-refractivity contribution in [2.24, 2.45) is 0 Å². The molecule has 0 spiro atoms. The molecule has 110 valence electrons. The highest BCUT2D eigenvalue weighted by Crippen LogP contribution is 2.22. The van der Waals surface area contributed by atoms with Crippen LogP contribution in [0.25, 0.3) is 0 Å². The molecule has 2 rings (SSSR count). The fourth-order valence-corrected chi connectivity index (χ4v) is 2.22. The summed E-state index contributed by atoms with van der Waals surface area (Å²) in [5, 5.41) is 7.80. The summed E-state index contributed by atoms with van der Waals surface area (Å²) in [7, 11) is 1.62. The van der Waals surface area contributed by atoms with Gasteiger partial charge >= 0.3 is 0 Å². The first-order valence-corrected chi connectivity index (χ1v) is 7.38. The molecule has 0 atom stereocenters. The molecule has 2 N–H and O–H groups in total. The van der Waals surface area contributed by atoms with E-state index < -0.39 is 0 Å². The minimum Gasteiger partial charge on any atom is -0.497 e. The first-order chi connectivity index (χ1) is 10.1. The molecule has 0 fully saturated rings. The number of benzene rings is 2. The highest BCUT2D eigenvalue weighted by atomic mass is 35.5. The largest absolute Gasteiger partial charge is 0.497 e. The van der Waals surface area contributed by atoms with E-state index in [2.05, 4.69) is 10.6 Å². The molecule has 0 aromatic heterocycles. The smallest absolute Gasteiger partial charge is 0.171 e. The second-order valence-electron chi connectivity index (χ2n) is 4.29. The Kier molecular flexibility index (Phi) is 5.67. The average Bonchev–Trinajstić information content (AvgIpc) is 2.48. The van der Waals surface area contributed by atoms with Crippen LogP contribution in [-0.2, 0) is 6.54 Å². The molecule has 0 aliphatic carbocycles. The van der Waals surface area contributed by atoms with Gasteiger partial charge in [0.15, 0.2) is 5.11 Å². The quantitative estimate of drug-likeness (QED) is 0.803. The fraction of sp³-hybridized carbons (Fsp3) is 0.133. The van der Waals surface area contributed by atoms with Crippen molar-refractivity contribution < 1.29 is 4.74 Å². The van der Waals surface area contributed by atoms with Crippen LogP contribution in [0.3, 0.4) is 0 Å². The van der Waals surface area contributed by atoms with Gasteiger partial charge in [-0.25, -0.2) is 0 Å². The Bertz CT molecular complexity index is 649. The van der Waals surface area contributed by atoms with E-state index in [1.165, 1.54) is 0 Å². The number of anilines is 1. The maximum Gasteiger partial charge on any atom is 0.171 e. The van der Waals surface area contributed by atoms with Gasteiger partial charge in [0.1, 0.15) is 5.75 Å².